The van der Waals surface area contributed by atoms with Crippen molar-refractivity contribution in [1.29, 1.82) is 0 Å². The number of Topliss-reactive ketones (excluding diaryl/α,β-unsaturated/α-hetero) is 1. The molecule has 0 fully saturated rings. The summed E-state index contributed by atoms with van der Waals surface area (Å²) in [4.78, 5) is 52.2. The fourth-order valence-electron chi connectivity index (χ4n) is 1.98. The predicted molar refractivity (Wildman–Crippen MR) is 89.1 cm³/mol. The van der Waals surface area contributed by atoms with Crippen molar-refractivity contribution in [2.75, 3.05) is 0 Å². The molecule has 0 bridgehead atoms. The summed E-state index contributed by atoms with van der Waals surface area (Å²) in [5, 5.41) is 25.2. The van der Waals surface area contributed by atoms with Gasteiger partial charge in [0.05, 0.1) is 12.8 Å². The quantitative estimate of drug-likeness (QED) is 0.305. The van der Waals surface area contributed by atoms with Gasteiger partial charge in [0.1, 0.15) is 6.29 Å². The Bertz CT molecular complexity index is 517. The Kier molecular flexibility index (Phi) is 12.7. The second-order valence-corrected chi connectivity index (χ2v) is 6.27. The van der Waals surface area contributed by atoms with E-state index < -0.39 is 36.0 Å². The molecule has 25 heavy (non-hydrogen) atoms. The zero-order valence-corrected chi connectivity index (χ0v) is 14.9. The minimum absolute atomic E-state index is 0.0997. The smallest absolute Gasteiger partial charge is 0.372 e. The van der Waals surface area contributed by atoms with Crippen molar-refractivity contribution in [2.24, 2.45) is 17.8 Å². The number of carboxylic acids is 3. The van der Waals surface area contributed by atoms with Gasteiger partial charge in [0.15, 0.2) is 0 Å². The Hall–Kier alpha value is -2.51. The van der Waals surface area contributed by atoms with Crippen LogP contribution < -0.4 is 0 Å². The van der Waals surface area contributed by atoms with Crippen LogP contribution in [-0.4, -0.2) is 45.3 Å². The first-order chi connectivity index (χ1) is 11.4. The summed E-state index contributed by atoms with van der Waals surface area (Å²) >= 11 is 0. The molecule has 0 saturated heterocycles. The van der Waals surface area contributed by atoms with E-state index in [2.05, 4.69) is 0 Å². The minimum atomic E-state index is -1.56. The van der Waals surface area contributed by atoms with Gasteiger partial charge in [0, 0.05) is 5.92 Å². The number of allylic oxidation sites excluding steroid dienone is 1. The zero-order valence-electron chi connectivity index (χ0n) is 14.9. The molecule has 0 aromatic heterocycles. The molecule has 0 rings (SSSR count). The summed E-state index contributed by atoms with van der Waals surface area (Å²) in [7, 11) is 0. The lowest BCUT2D eigenvalue weighted by atomic mass is 9.90. The lowest BCUT2D eigenvalue weighted by Gasteiger charge is -2.13. The number of hydrogen-bond donors (Lipinski definition) is 3. The summed E-state index contributed by atoms with van der Waals surface area (Å²) in [5.41, 5.74) is 0.340. The number of aliphatic carboxylic acids is 3. The van der Waals surface area contributed by atoms with Gasteiger partial charge in [-0.15, -0.1) is 0 Å². The number of carbonyl (C=O) groups excluding carboxylic acids is 2. The fourth-order valence-corrected chi connectivity index (χ4v) is 1.98. The van der Waals surface area contributed by atoms with Crippen molar-refractivity contribution in [3.63, 3.8) is 0 Å². The van der Waals surface area contributed by atoms with Crippen LogP contribution in [0.2, 0.25) is 0 Å². The first-order valence-corrected chi connectivity index (χ1v) is 7.77. The Labute approximate surface area is 146 Å². The van der Waals surface area contributed by atoms with E-state index in [-0.39, 0.29) is 24.7 Å². The van der Waals surface area contributed by atoms with Crippen LogP contribution in [-0.2, 0) is 24.0 Å². The van der Waals surface area contributed by atoms with E-state index in [0.29, 0.717) is 11.9 Å². The molecule has 0 amide bonds. The maximum atomic E-state index is 11.1. The summed E-state index contributed by atoms with van der Waals surface area (Å²) in [6.45, 7) is 7.41. The molecule has 1 atom stereocenters. The number of ketones is 1. The summed E-state index contributed by atoms with van der Waals surface area (Å²) < 4.78 is 0. The molecule has 1 unspecified atom stereocenters. The van der Waals surface area contributed by atoms with Gasteiger partial charge in [-0.05, 0) is 23.8 Å². The van der Waals surface area contributed by atoms with E-state index in [4.69, 9.17) is 15.3 Å². The largest absolute Gasteiger partial charge is 0.481 e. The molecule has 0 aromatic carbocycles. The van der Waals surface area contributed by atoms with Crippen molar-refractivity contribution in [2.45, 2.75) is 47.0 Å². The van der Waals surface area contributed by atoms with E-state index in [1.54, 1.807) is 6.08 Å². The predicted octanol–water partition coefficient (Wildman–Crippen LogP) is 2.02. The second kappa shape index (κ2) is 12.9. The third-order valence-corrected chi connectivity index (χ3v) is 2.81. The fraction of sp³-hybridized carbons (Fsp3) is 0.588. The van der Waals surface area contributed by atoms with E-state index in [0.717, 1.165) is 0 Å². The Morgan fingerprint density at radius 3 is 1.72 bits per heavy atom. The van der Waals surface area contributed by atoms with Crippen molar-refractivity contribution < 1.29 is 39.3 Å². The van der Waals surface area contributed by atoms with Gasteiger partial charge in [0.2, 0.25) is 5.78 Å². The van der Waals surface area contributed by atoms with Gasteiger partial charge in [-0.2, -0.15) is 0 Å². The van der Waals surface area contributed by atoms with Crippen molar-refractivity contribution in [3.8, 4) is 0 Å². The summed E-state index contributed by atoms with van der Waals surface area (Å²) in [5.74, 6) is -5.28. The van der Waals surface area contributed by atoms with E-state index in [1.807, 2.05) is 27.7 Å². The Morgan fingerprint density at radius 1 is 0.920 bits per heavy atom. The lowest BCUT2D eigenvalue weighted by molar-refractivity contribution is -0.152. The molecule has 0 aliphatic rings. The third-order valence-electron chi connectivity index (χ3n) is 2.81. The average molecular weight is 358 g/mol. The summed E-state index contributed by atoms with van der Waals surface area (Å²) in [6.07, 6.45) is 1.94. The van der Waals surface area contributed by atoms with Gasteiger partial charge in [-0.1, -0.05) is 33.8 Å². The summed E-state index contributed by atoms with van der Waals surface area (Å²) in [6, 6.07) is 0. The molecular formula is C17H26O8. The van der Waals surface area contributed by atoms with E-state index in [9.17, 15) is 24.0 Å². The molecule has 8 heteroatoms. The SMILES string of the molecule is CC(C)/C=C(/C=O)CC(=O)O.CC(C)CC(CC(=O)O)C(=O)C(=O)O. The Morgan fingerprint density at radius 2 is 1.44 bits per heavy atom. The van der Waals surface area contributed by atoms with Crippen LogP contribution in [0.25, 0.3) is 0 Å². The first kappa shape index (κ1) is 24.7. The number of rotatable bonds is 10. The molecule has 0 aliphatic heterocycles. The number of carboxylic acid groups (broad SMARTS) is 3. The Balaban J connectivity index is 0. The molecule has 0 spiro atoms. The van der Waals surface area contributed by atoms with Crippen molar-refractivity contribution in [1.82, 2.24) is 0 Å². The highest BCUT2D eigenvalue weighted by molar-refractivity contribution is 6.33. The normalized spacial score (nSPS) is 12.2. The van der Waals surface area contributed by atoms with Crippen LogP contribution in [0, 0.1) is 17.8 Å². The van der Waals surface area contributed by atoms with Crippen LogP contribution in [0.3, 0.4) is 0 Å². The van der Waals surface area contributed by atoms with Crippen LogP contribution in [0.5, 0.6) is 0 Å². The van der Waals surface area contributed by atoms with E-state index in [1.165, 1.54) is 0 Å². The highest BCUT2D eigenvalue weighted by Gasteiger charge is 2.27. The molecular weight excluding hydrogens is 332 g/mol. The van der Waals surface area contributed by atoms with Crippen LogP contribution in [0.15, 0.2) is 11.6 Å². The molecule has 8 nitrogen and oxygen atoms in total. The maximum absolute atomic E-state index is 11.1. The van der Waals surface area contributed by atoms with E-state index >= 15 is 0 Å². The van der Waals surface area contributed by atoms with Crippen LogP contribution in [0.4, 0.5) is 0 Å². The van der Waals surface area contributed by atoms with Crippen molar-refractivity contribution >= 4 is 30.0 Å². The van der Waals surface area contributed by atoms with Gasteiger partial charge >= 0.3 is 17.9 Å². The zero-order chi connectivity index (χ0) is 20.2. The molecule has 0 saturated carbocycles. The highest BCUT2D eigenvalue weighted by Crippen LogP contribution is 2.16. The second-order valence-electron chi connectivity index (χ2n) is 6.27. The number of hydrogen-bond acceptors (Lipinski definition) is 5. The molecule has 0 heterocycles. The molecule has 0 aliphatic carbocycles. The first-order valence-electron chi connectivity index (χ1n) is 7.77. The van der Waals surface area contributed by atoms with Gasteiger partial charge < -0.3 is 15.3 Å². The van der Waals surface area contributed by atoms with Gasteiger partial charge in [-0.25, -0.2) is 4.79 Å². The molecule has 142 valence electrons. The monoisotopic (exact) mass is 358 g/mol. The van der Waals surface area contributed by atoms with Crippen LogP contribution >= 0.6 is 0 Å². The van der Waals surface area contributed by atoms with Gasteiger partial charge in [-0.3, -0.25) is 19.2 Å². The standard InChI is InChI=1S/C9H14O5.C8H12O3/c1-5(2)3-6(4-7(10)11)8(12)9(13)14;1-6(2)3-7(5-9)4-8(10)11/h5-6H,3-4H2,1-2H3,(H,10,11)(H,13,14);3,5-6H,4H2,1-2H3,(H,10,11)/b;7-3+. The number of aldehydes is 1. The maximum Gasteiger partial charge on any atom is 0.372 e. The lowest BCUT2D eigenvalue weighted by Crippen LogP contribution is -2.26. The third kappa shape index (κ3) is 14.8. The van der Waals surface area contributed by atoms with Crippen LogP contribution in [0.1, 0.15) is 47.0 Å². The number of carbonyl (C=O) groups is 5. The molecule has 0 aromatic rings. The average Bonchev–Trinajstić information content (AvgIpc) is 2.43. The highest BCUT2D eigenvalue weighted by atomic mass is 16.4. The topological polar surface area (TPSA) is 146 Å². The molecule has 0 radical (unpaired) electrons. The molecule has 3 N–H and O–H groups in total. The minimum Gasteiger partial charge on any atom is -0.481 e. The van der Waals surface area contributed by atoms with Gasteiger partial charge in [0.25, 0.3) is 0 Å². The van der Waals surface area contributed by atoms with Crippen molar-refractivity contribution in [3.05, 3.63) is 11.6 Å².